The van der Waals surface area contributed by atoms with Crippen molar-refractivity contribution < 1.29 is 33.4 Å². The zero-order chi connectivity index (χ0) is 20.9. The standard InChI is InChI=1S/C17H18Cl3NO7/c1-25-12(22)8-11-13(15(23)26-2)21(16(24)27-9-17(18,19)20)28-14(11)10-6-4-3-5-7-10/h3-7,11,13-14H,8-9H2,1-2H3/t11-,13+,14-/m1/s1. The van der Waals surface area contributed by atoms with Gasteiger partial charge in [-0.15, -0.1) is 0 Å². The van der Waals surface area contributed by atoms with Crippen LogP contribution in [0.5, 0.6) is 0 Å². The molecule has 8 nitrogen and oxygen atoms in total. The van der Waals surface area contributed by atoms with E-state index in [1.807, 2.05) is 0 Å². The molecule has 1 aliphatic heterocycles. The molecule has 0 spiro atoms. The Bertz CT molecular complexity index is 710. The van der Waals surface area contributed by atoms with Gasteiger partial charge in [-0.25, -0.2) is 9.59 Å². The number of amides is 1. The Hall–Kier alpha value is -1.74. The summed E-state index contributed by atoms with van der Waals surface area (Å²) in [5, 5.41) is 0.702. The van der Waals surface area contributed by atoms with E-state index < -0.39 is 46.5 Å². The molecule has 0 unspecified atom stereocenters. The summed E-state index contributed by atoms with van der Waals surface area (Å²) in [6.07, 6.45) is -2.08. The molecular formula is C17H18Cl3NO7. The normalized spacial score (nSPS) is 21.9. The van der Waals surface area contributed by atoms with E-state index in [1.54, 1.807) is 30.3 Å². The third-order valence-corrected chi connectivity index (χ3v) is 4.34. The van der Waals surface area contributed by atoms with Crippen molar-refractivity contribution in [3.05, 3.63) is 35.9 Å². The fourth-order valence-electron chi connectivity index (χ4n) is 2.81. The van der Waals surface area contributed by atoms with Gasteiger partial charge in [0.2, 0.25) is 3.79 Å². The van der Waals surface area contributed by atoms with Crippen LogP contribution in [0.3, 0.4) is 0 Å². The van der Waals surface area contributed by atoms with Gasteiger partial charge in [-0.1, -0.05) is 65.1 Å². The quantitative estimate of drug-likeness (QED) is 0.383. The summed E-state index contributed by atoms with van der Waals surface area (Å²) in [7, 11) is 2.37. The molecule has 1 fully saturated rings. The minimum atomic E-state index is -1.85. The van der Waals surface area contributed by atoms with Crippen molar-refractivity contribution in [1.29, 1.82) is 0 Å². The second kappa shape index (κ2) is 9.65. The number of alkyl halides is 3. The van der Waals surface area contributed by atoms with Crippen LogP contribution in [0, 0.1) is 5.92 Å². The number of ether oxygens (including phenoxy) is 3. The number of benzene rings is 1. The Morgan fingerprint density at radius 1 is 1.11 bits per heavy atom. The Kier molecular flexibility index (Phi) is 7.77. The number of halogens is 3. The Morgan fingerprint density at radius 2 is 1.75 bits per heavy atom. The zero-order valence-corrected chi connectivity index (χ0v) is 17.2. The summed E-state index contributed by atoms with van der Waals surface area (Å²) in [5.74, 6) is -2.17. The van der Waals surface area contributed by atoms with Gasteiger partial charge in [0, 0.05) is 5.92 Å². The molecule has 3 atom stereocenters. The van der Waals surface area contributed by atoms with Crippen LogP contribution in [0.2, 0.25) is 0 Å². The fourth-order valence-corrected chi connectivity index (χ4v) is 2.97. The number of hydroxylamine groups is 2. The number of esters is 2. The lowest BCUT2D eigenvalue weighted by Gasteiger charge is -2.23. The predicted octanol–water partition coefficient (Wildman–Crippen LogP) is 3.20. The van der Waals surface area contributed by atoms with Gasteiger partial charge in [-0.3, -0.25) is 9.63 Å². The number of hydrogen-bond donors (Lipinski definition) is 0. The van der Waals surface area contributed by atoms with Crippen LogP contribution in [0.1, 0.15) is 18.1 Å². The average Bonchev–Trinajstić information content (AvgIpc) is 3.04. The van der Waals surface area contributed by atoms with Crippen LogP contribution < -0.4 is 0 Å². The average molecular weight is 455 g/mol. The van der Waals surface area contributed by atoms with E-state index in [1.165, 1.54) is 7.11 Å². The molecule has 1 amide bonds. The molecule has 1 aliphatic rings. The van der Waals surface area contributed by atoms with Crippen molar-refractivity contribution in [2.75, 3.05) is 20.8 Å². The molecule has 0 bridgehead atoms. The van der Waals surface area contributed by atoms with Crippen LogP contribution in [-0.4, -0.2) is 53.8 Å². The van der Waals surface area contributed by atoms with Gasteiger partial charge in [0.1, 0.15) is 12.7 Å². The van der Waals surface area contributed by atoms with E-state index in [0.29, 0.717) is 10.6 Å². The maximum absolute atomic E-state index is 12.5. The van der Waals surface area contributed by atoms with Gasteiger partial charge in [-0.2, -0.15) is 5.06 Å². The molecule has 0 N–H and O–H groups in total. The number of methoxy groups -OCH3 is 2. The smallest absolute Gasteiger partial charge is 0.434 e. The highest BCUT2D eigenvalue weighted by atomic mass is 35.6. The first kappa shape index (κ1) is 22.5. The highest BCUT2D eigenvalue weighted by Crippen LogP contribution is 2.42. The third kappa shape index (κ3) is 5.64. The minimum absolute atomic E-state index is 0.204. The zero-order valence-electron chi connectivity index (χ0n) is 15.0. The molecular weight excluding hydrogens is 437 g/mol. The highest BCUT2D eigenvalue weighted by Gasteiger charge is 2.52. The second-order valence-corrected chi connectivity index (χ2v) is 8.36. The van der Waals surface area contributed by atoms with Gasteiger partial charge in [-0.05, 0) is 5.56 Å². The maximum Gasteiger partial charge on any atom is 0.434 e. The van der Waals surface area contributed by atoms with E-state index in [9.17, 15) is 14.4 Å². The van der Waals surface area contributed by atoms with Crippen LogP contribution in [0.4, 0.5) is 4.79 Å². The molecule has 1 saturated heterocycles. The molecule has 1 aromatic carbocycles. The van der Waals surface area contributed by atoms with Crippen LogP contribution >= 0.6 is 34.8 Å². The third-order valence-electron chi connectivity index (χ3n) is 4.01. The van der Waals surface area contributed by atoms with E-state index in [4.69, 9.17) is 53.9 Å². The second-order valence-electron chi connectivity index (χ2n) is 5.84. The lowest BCUT2D eigenvalue weighted by molar-refractivity contribution is -0.168. The summed E-state index contributed by atoms with van der Waals surface area (Å²) >= 11 is 16.8. The van der Waals surface area contributed by atoms with Gasteiger partial charge >= 0.3 is 18.0 Å². The lowest BCUT2D eigenvalue weighted by atomic mass is 9.87. The van der Waals surface area contributed by atoms with Crippen molar-refractivity contribution in [3.63, 3.8) is 0 Å². The summed E-state index contributed by atoms with van der Waals surface area (Å²) in [6.45, 7) is -0.568. The molecule has 2 rings (SSSR count). The minimum Gasteiger partial charge on any atom is -0.469 e. The van der Waals surface area contributed by atoms with E-state index in [-0.39, 0.29) is 6.42 Å². The SMILES string of the molecule is COC(=O)C[C@H]1[C@@H](c2ccccc2)ON(C(=O)OCC(Cl)(Cl)Cl)[C@@H]1C(=O)OC. The molecule has 0 aliphatic carbocycles. The van der Waals surface area contributed by atoms with Gasteiger partial charge in [0.05, 0.1) is 20.6 Å². The molecule has 28 heavy (non-hydrogen) atoms. The first-order valence-corrected chi connectivity index (χ1v) is 9.20. The van der Waals surface area contributed by atoms with Gasteiger partial charge in [0.15, 0.2) is 6.04 Å². The first-order chi connectivity index (χ1) is 13.2. The van der Waals surface area contributed by atoms with Crippen molar-refractivity contribution in [2.45, 2.75) is 22.4 Å². The summed E-state index contributed by atoms with van der Waals surface area (Å²) in [4.78, 5) is 42.5. The maximum atomic E-state index is 12.5. The Balaban J connectivity index is 2.36. The van der Waals surface area contributed by atoms with Crippen LogP contribution in [-0.2, 0) is 28.6 Å². The molecule has 1 heterocycles. The van der Waals surface area contributed by atoms with Crippen molar-refractivity contribution >= 4 is 52.8 Å². The number of carbonyl (C=O) groups excluding carboxylic acids is 3. The number of hydrogen-bond acceptors (Lipinski definition) is 7. The van der Waals surface area contributed by atoms with Crippen molar-refractivity contribution in [3.8, 4) is 0 Å². The molecule has 11 heteroatoms. The monoisotopic (exact) mass is 453 g/mol. The van der Waals surface area contributed by atoms with E-state index in [0.717, 1.165) is 7.11 Å². The van der Waals surface area contributed by atoms with Crippen molar-refractivity contribution in [1.82, 2.24) is 5.06 Å². The van der Waals surface area contributed by atoms with Crippen LogP contribution in [0.25, 0.3) is 0 Å². The molecule has 0 saturated carbocycles. The number of carbonyl (C=O) groups is 3. The topological polar surface area (TPSA) is 91.4 Å². The summed E-state index contributed by atoms with van der Waals surface area (Å²) in [5.41, 5.74) is 0.641. The van der Waals surface area contributed by atoms with Gasteiger partial charge in [0.25, 0.3) is 0 Å². The fraction of sp³-hybridized carbons (Fsp3) is 0.471. The predicted molar refractivity (Wildman–Crippen MR) is 99.7 cm³/mol. The molecule has 0 radical (unpaired) electrons. The van der Waals surface area contributed by atoms with Crippen molar-refractivity contribution in [2.24, 2.45) is 5.92 Å². The summed E-state index contributed by atoms with van der Waals surface area (Å²) < 4.78 is 12.6. The lowest BCUT2D eigenvalue weighted by Crippen LogP contribution is -2.44. The largest absolute Gasteiger partial charge is 0.469 e. The highest BCUT2D eigenvalue weighted by molar-refractivity contribution is 6.67. The molecule has 154 valence electrons. The molecule has 1 aromatic rings. The van der Waals surface area contributed by atoms with E-state index >= 15 is 0 Å². The molecule has 0 aromatic heterocycles. The summed E-state index contributed by atoms with van der Waals surface area (Å²) in [6, 6.07) is 7.50. The first-order valence-electron chi connectivity index (χ1n) is 8.07. The van der Waals surface area contributed by atoms with Crippen LogP contribution in [0.15, 0.2) is 30.3 Å². The Labute approximate surface area is 176 Å². The van der Waals surface area contributed by atoms with Gasteiger partial charge < -0.3 is 14.2 Å². The number of rotatable bonds is 5. The Morgan fingerprint density at radius 3 is 2.29 bits per heavy atom. The van der Waals surface area contributed by atoms with E-state index in [2.05, 4.69) is 0 Å². The number of nitrogens with zero attached hydrogens (tertiary/aromatic N) is 1.